The summed E-state index contributed by atoms with van der Waals surface area (Å²) in [5, 5.41) is 0. The molecule has 0 aromatic heterocycles. The van der Waals surface area contributed by atoms with Gasteiger partial charge in [-0.15, -0.1) is 11.6 Å². The highest BCUT2D eigenvalue weighted by Gasteiger charge is 2.22. The van der Waals surface area contributed by atoms with Crippen LogP contribution in [-0.4, -0.2) is 39.3 Å². The minimum atomic E-state index is -3.21. The molecule has 88 valence electrons. The number of ether oxygens (including phenoxy) is 1. The van der Waals surface area contributed by atoms with Crippen molar-refractivity contribution in [1.29, 1.82) is 0 Å². The lowest BCUT2D eigenvalue weighted by molar-refractivity contribution is 0.127. The van der Waals surface area contributed by atoms with Crippen LogP contribution in [-0.2, 0) is 14.8 Å². The number of hydrogen-bond acceptors (Lipinski definition) is 3. The predicted molar refractivity (Wildman–Crippen MR) is 60.6 cm³/mol. The standard InChI is InChI=1S/C9H16ClNO3S/c10-5-1-2-6-11-15(12,13)8-9-4-3-7-14-9/h1-2,9,11H,3-8H2/b2-1+. The van der Waals surface area contributed by atoms with E-state index in [1.54, 1.807) is 12.2 Å². The van der Waals surface area contributed by atoms with Crippen LogP contribution in [0.1, 0.15) is 12.8 Å². The number of alkyl halides is 1. The second kappa shape index (κ2) is 6.48. The molecule has 1 unspecified atom stereocenters. The van der Waals surface area contributed by atoms with Crippen molar-refractivity contribution in [2.24, 2.45) is 0 Å². The van der Waals surface area contributed by atoms with Gasteiger partial charge in [0.1, 0.15) is 0 Å². The third-order valence-corrected chi connectivity index (χ3v) is 3.70. The van der Waals surface area contributed by atoms with Crippen LogP contribution in [0.5, 0.6) is 0 Å². The first-order valence-electron chi connectivity index (χ1n) is 4.94. The molecule has 0 aliphatic carbocycles. The number of allylic oxidation sites excluding steroid dienone is 1. The Labute approximate surface area is 95.7 Å². The molecule has 1 rings (SSSR count). The molecule has 1 saturated heterocycles. The molecule has 15 heavy (non-hydrogen) atoms. The molecule has 0 radical (unpaired) electrons. The predicted octanol–water partition coefficient (Wildman–Crippen LogP) is 0.880. The van der Waals surface area contributed by atoms with Crippen LogP contribution in [0.3, 0.4) is 0 Å². The normalized spacial score (nSPS) is 22.6. The lowest BCUT2D eigenvalue weighted by Crippen LogP contribution is -2.32. The molecule has 1 aliphatic rings. The molecule has 1 heterocycles. The Bertz CT molecular complexity index is 296. The Hall–Kier alpha value is -0.100. The minimum Gasteiger partial charge on any atom is -0.377 e. The lowest BCUT2D eigenvalue weighted by atomic mass is 10.3. The fourth-order valence-electron chi connectivity index (χ4n) is 1.40. The summed E-state index contributed by atoms with van der Waals surface area (Å²) in [5.74, 6) is 0.454. The van der Waals surface area contributed by atoms with Crippen molar-refractivity contribution in [3.05, 3.63) is 12.2 Å². The van der Waals surface area contributed by atoms with E-state index in [-0.39, 0.29) is 11.9 Å². The van der Waals surface area contributed by atoms with Crippen LogP contribution in [0, 0.1) is 0 Å². The molecule has 1 N–H and O–H groups in total. The van der Waals surface area contributed by atoms with E-state index < -0.39 is 10.0 Å². The monoisotopic (exact) mass is 253 g/mol. The van der Waals surface area contributed by atoms with Gasteiger partial charge in [-0.2, -0.15) is 0 Å². The van der Waals surface area contributed by atoms with Gasteiger partial charge in [-0.05, 0) is 12.8 Å². The first kappa shape index (κ1) is 13.0. The zero-order valence-electron chi connectivity index (χ0n) is 8.49. The van der Waals surface area contributed by atoms with E-state index in [9.17, 15) is 8.42 Å². The first-order valence-corrected chi connectivity index (χ1v) is 7.12. The summed E-state index contributed by atoms with van der Waals surface area (Å²) in [6, 6.07) is 0. The van der Waals surface area contributed by atoms with E-state index in [1.807, 2.05) is 0 Å². The van der Waals surface area contributed by atoms with Gasteiger partial charge in [0.05, 0.1) is 11.9 Å². The lowest BCUT2D eigenvalue weighted by Gasteiger charge is -2.09. The summed E-state index contributed by atoms with van der Waals surface area (Å²) >= 11 is 5.40. The highest BCUT2D eigenvalue weighted by molar-refractivity contribution is 7.89. The van der Waals surface area contributed by atoms with E-state index in [0.29, 0.717) is 19.0 Å². The number of nitrogens with one attached hydrogen (secondary N) is 1. The highest BCUT2D eigenvalue weighted by atomic mass is 35.5. The first-order chi connectivity index (χ1) is 7.14. The smallest absolute Gasteiger partial charge is 0.214 e. The molecule has 0 aromatic carbocycles. The molecular formula is C9H16ClNO3S. The number of hydrogen-bond donors (Lipinski definition) is 1. The molecule has 1 aliphatic heterocycles. The zero-order chi connectivity index (χ0) is 11.1. The van der Waals surface area contributed by atoms with Crippen LogP contribution in [0.2, 0.25) is 0 Å². The average Bonchev–Trinajstić information content (AvgIpc) is 2.64. The van der Waals surface area contributed by atoms with Gasteiger partial charge >= 0.3 is 0 Å². The second-order valence-electron chi connectivity index (χ2n) is 3.39. The van der Waals surface area contributed by atoms with E-state index in [1.165, 1.54) is 0 Å². The molecule has 1 fully saturated rings. The number of halogens is 1. The Kier molecular flexibility index (Phi) is 5.60. The quantitative estimate of drug-likeness (QED) is 0.565. The molecule has 0 aromatic rings. The molecule has 0 bridgehead atoms. The molecule has 0 amide bonds. The second-order valence-corrected chi connectivity index (χ2v) is 5.55. The van der Waals surface area contributed by atoms with Gasteiger partial charge < -0.3 is 4.74 Å². The topological polar surface area (TPSA) is 55.4 Å². The van der Waals surface area contributed by atoms with Crippen LogP contribution in [0.15, 0.2) is 12.2 Å². The Balaban J connectivity index is 2.28. The molecular weight excluding hydrogens is 238 g/mol. The Morgan fingerprint density at radius 2 is 2.27 bits per heavy atom. The van der Waals surface area contributed by atoms with E-state index in [4.69, 9.17) is 16.3 Å². The fraction of sp³-hybridized carbons (Fsp3) is 0.778. The van der Waals surface area contributed by atoms with E-state index in [0.717, 1.165) is 12.8 Å². The van der Waals surface area contributed by atoms with Crippen molar-refractivity contribution < 1.29 is 13.2 Å². The maximum atomic E-state index is 11.5. The summed E-state index contributed by atoms with van der Waals surface area (Å²) in [4.78, 5) is 0. The van der Waals surface area contributed by atoms with Crippen LogP contribution < -0.4 is 4.72 Å². The van der Waals surface area contributed by atoms with Crippen molar-refractivity contribution in [1.82, 2.24) is 4.72 Å². The molecule has 6 heteroatoms. The van der Waals surface area contributed by atoms with Crippen molar-refractivity contribution in [3.63, 3.8) is 0 Å². The van der Waals surface area contributed by atoms with Crippen LogP contribution in [0.25, 0.3) is 0 Å². The minimum absolute atomic E-state index is 0.0573. The van der Waals surface area contributed by atoms with Crippen molar-refractivity contribution in [3.8, 4) is 0 Å². The van der Waals surface area contributed by atoms with E-state index in [2.05, 4.69) is 4.72 Å². The molecule has 0 spiro atoms. The maximum Gasteiger partial charge on any atom is 0.214 e. The summed E-state index contributed by atoms with van der Waals surface area (Å²) < 4.78 is 30.7. The maximum absolute atomic E-state index is 11.5. The van der Waals surface area contributed by atoms with Crippen molar-refractivity contribution >= 4 is 21.6 Å². The van der Waals surface area contributed by atoms with Gasteiger partial charge in [-0.25, -0.2) is 13.1 Å². The van der Waals surface area contributed by atoms with Gasteiger partial charge in [-0.1, -0.05) is 12.2 Å². The van der Waals surface area contributed by atoms with Crippen molar-refractivity contribution in [2.45, 2.75) is 18.9 Å². The van der Waals surface area contributed by atoms with Gasteiger partial charge in [0.25, 0.3) is 0 Å². The van der Waals surface area contributed by atoms with Gasteiger partial charge in [0, 0.05) is 19.0 Å². The zero-order valence-corrected chi connectivity index (χ0v) is 10.1. The summed E-state index contributed by atoms with van der Waals surface area (Å²) in [6.07, 6.45) is 5.04. The number of sulfonamides is 1. The van der Waals surface area contributed by atoms with Crippen LogP contribution >= 0.6 is 11.6 Å². The SMILES string of the molecule is O=S(=O)(CC1CCCO1)NC/C=C/CCl. The van der Waals surface area contributed by atoms with Crippen molar-refractivity contribution in [2.75, 3.05) is 24.8 Å². The van der Waals surface area contributed by atoms with E-state index >= 15 is 0 Å². The average molecular weight is 254 g/mol. The summed E-state index contributed by atoms with van der Waals surface area (Å²) in [6.45, 7) is 0.966. The summed E-state index contributed by atoms with van der Waals surface area (Å²) in [5.41, 5.74) is 0. The fourth-order valence-corrected chi connectivity index (χ4v) is 2.75. The molecule has 1 atom stereocenters. The third-order valence-electron chi connectivity index (χ3n) is 2.11. The van der Waals surface area contributed by atoms with Gasteiger partial charge in [0.15, 0.2) is 0 Å². The Morgan fingerprint density at radius 3 is 2.87 bits per heavy atom. The number of rotatable bonds is 6. The molecule has 4 nitrogen and oxygen atoms in total. The molecule has 0 saturated carbocycles. The van der Waals surface area contributed by atoms with Gasteiger partial charge in [-0.3, -0.25) is 0 Å². The van der Waals surface area contributed by atoms with Gasteiger partial charge in [0.2, 0.25) is 10.0 Å². The third kappa shape index (κ3) is 5.51. The largest absolute Gasteiger partial charge is 0.377 e. The van der Waals surface area contributed by atoms with Crippen LogP contribution in [0.4, 0.5) is 0 Å². The highest BCUT2D eigenvalue weighted by Crippen LogP contribution is 2.13. The Morgan fingerprint density at radius 1 is 1.47 bits per heavy atom. The summed E-state index contributed by atoms with van der Waals surface area (Å²) in [7, 11) is -3.21.